The Morgan fingerprint density at radius 2 is 2.30 bits per heavy atom. The summed E-state index contributed by atoms with van der Waals surface area (Å²) < 4.78 is 7.23. The molecule has 0 amide bonds. The zero-order valence-electron chi connectivity index (χ0n) is 11.3. The molecule has 1 aliphatic rings. The van der Waals surface area contributed by atoms with Crippen LogP contribution in [0.2, 0.25) is 0 Å². The molecule has 1 fully saturated rings. The number of thiophene rings is 1. The summed E-state index contributed by atoms with van der Waals surface area (Å²) in [6.07, 6.45) is 2.03. The minimum Gasteiger partial charge on any atom is -0.394 e. The fraction of sp³-hybridized carbons (Fsp3) is 0.500. The summed E-state index contributed by atoms with van der Waals surface area (Å²) in [5.41, 5.74) is 0.961. The Hall–Kier alpha value is -1.37. The quantitative estimate of drug-likeness (QED) is 0.887. The zero-order chi connectivity index (χ0) is 13.8. The van der Waals surface area contributed by atoms with E-state index in [2.05, 4.69) is 22.5 Å². The van der Waals surface area contributed by atoms with Crippen LogP contribution in [0.4, 0.5) is 5.82 Å². The van der Waals surface area contributed by atoms with Crippen LogP contribution in [0.5, 0.6) is 0 Å². The summed E-state index contributed by atoms with van der Waals surface area (Å²) in [4.78, 5) is 1.15. The molecule has 6 heteroatoms. The molecule has 0 bridgehead atoms. The second-order valence-electron chi connectivity index (χ2n) is 4.87. The van der Waals surface area contributed by atoms with E-state index in [0.717, 1.165) is 42.4 Å². The maximum Gasteiger partial charge on any atom is 0.125 e. The van der Waals surface area contributed by atoms with Crippen LogP contribution >= 0.6 is 11.3 Å². The molecule has 2 aromatic heterocycles. The standard InChI is InChI=1S/C14H19N3O2S/c18-6-5-17-14(15-11-3-7-19-8-4-11)10-12(16-17)13-2-1-9-20-13/h1-2,9-11,15,18H,3-8H2. The van der Waals surface area contributed by atoms with Gasteiger partial charge in [-0.2, -0.15) is 5.10 Å². The molecule has 0 spiro atoms. The van der Waals surface area contributed by atoms with Gasteiger partial charge in [-0.15, -0.1) is 11.3 Å². The van der Waals surface area contributed by atoms with Crippen LogP contribution in [0.25, 0.3) is 10.6 Å². The van der Waals surface area contributed by atoms with E-state index < -0.39 is 0 Å². The van der Waals surface area contributed by atoms with Crippen LogP contribution in [-0.2, 0) is 11.3 Å². The van der Waals surface area contributed by atoms with E-state index in [9.17, 15) is 5.11 Å². The summed E-state index contributed by atoms with van der Waals surface area (Å²) in [7, 11) is 0. The molecule has 3 rings (SSSR count). The fourth-order valence-electron chi connectivity index (χ4n) is 2.39. The third-order valence-corrected chi connectivity index (χ3v) is 4.33. The van der Waals surface area contributed by atoms with Gasteiger partial charge < -0.3 is 15.2 Å². The Morgan fingerprint density at radius 1 is 1.45 bits per heavy atom. The molecule has 2 aromatic rings. The maximum atomic E-state index is 9.18. The highest BCUT2D eigenvalue weighted by atomic mass is 32.1. The van der Waals surface area contributed by atoms with Crippen molar-refractivity contribution in [1.29, 1.82) is 0 Å². The Kier molecular flexibility index (Phi) is 4.34. The van der Waals surface area contributed by atoms with Crippen LogP contribution < -0.4 is 5.32 Å². The predicted molar refractivity (Wildman–Crippen MR) is 80.1 cm³/mol. The number of aromatic nitrogens is 2. The van der Waals surface area contributed by atoms with Crippen molar-refractivity contribution in [2.75, 3.05) is 25.1 Å². The van der Waals surface area contributed by atoms with Crippen LogP contribution in [-0.4, -0.2) is 40.7 Å². The second kappa shape index (κ2) is 6.39. The lowest BCUT2D eigenvalue weighted by Crippen LogP contribution is -2.29. The number of aliphatic hydroxyl groups excluding tert-OH is 1. The highest BCUT2D eigenvalue weighted by Gasteiger charge is 2.17. The van der Waals surface area contributed by atoms with E-state index >= 15 is 0 Å². The summed E-state index contributed by atoms with van der Waals surface area (Å²) >= 11 is 1.68. The van der Waals surface area contributed by atoms with E-state index in [-0.39, 0.29) is 6.61 Å². The van der Waals surface area contributed by atoms with Gasteiger partial charge in [-0.25, -0.2) is 4.68 Å². The van der Waals surface area contributed by atoms with Crippen molar-refractivity contribution in [2.24, 2.45) is 0 Å². The molecule has 1 aliphatic heterocycles. The highest BCUT2D eigenvalue weighted by Crippen LogP contribution is 2.27. The van der Waals surface area contributed by atoms with E-state index in [1.54, 1.807) is 11.3 Å². The SMILES string of the molecule is OCCn1nc(-c2cccs2)cc1NC1CCOCC1. The molecular formula is C14H19N3O2S. The van der Waals surface area contributed by atoms with Gasteiger partial charge in [0.25, 0.3) is 0 Å². The van der Waals surface area contributed by atoms with Gasteiger partial charge in [0, 0.05) is 25.3 Å². The van der Waals surface area contributed by atoms with Crippen molar-refractivity contribution >= 4 is 17.2 Å². The normalized spacial score (nSPS) is 16.4. The fourth-order valence-corrected chi connectivity index (χ4v) is 3.08. The number of anilines is 1. The number of aliphatic hydroxyl groups is 1. The van der Waals surface area contributed by atoms with E-state index in [4.69, 9.17) is 4.74 Å². The number of rotatable bonds is 5. The Bertz CT molecular complexity index is 533. The third kappa shape index (κ3) is 3.03. The number of hydrogen-bond donors (Lipinski definition) is 2. The topological polar surface area (TPSA) is 59.3 Å². The van der Waals surface area contributed by atoms with Gasteiger partial charge in [0.15, 0.2) is 0 Å². The number of ether oxygens (including phenoxy) is 1. The summed E-state index contributed by atoms with van der Waals surface area (Å²) in [5, 5.41) is 19.3. The van der Waals surface area contributed by atoms with Crippen molar-refractivity contribution < 1.29 is 9.84 Å². The molecule has 20 heavy (non-hydrogen) atoms. The van der Waals surface area contributed by atoms with E-state index in [1.807, 2.05) is 16.1 Å². The van der Waals surface area contributed by atoms with Crippen molar-refractivity contribution in [2.45, 2.75) is 25.4 Å². The molecule has 3 heterocycles. The Labute approximate surface area is 122 Å². The highest BCUT2D eigenvalue weighted by molar-refractivity contribution is 7.13. The van der Waals surface area contributed by atoms with Gasteiger partial charge in [-0.1, -0.05) is 6.07 Å². The summed E-state index contributed by atoms with van der Waals surface area (Å²) in [5.74, 6) is 0.981. The predicted octanol–water partition coefficient (Wildman–Crippen LogP) is 2.19. The maximum absolute atomic E-state index is 9.18. The lowest BCUT2D eigenvalue weighted by atomic mass is 10.1. The Morgan fingerprint density at radius 3 is 3.00 bits per heavy atom. The monoisotopic (exact) mass is 293 g/mol. The smallest absolute Gasteiger partial charge is 0.125 e. The van der Waals surface area contributed by atoms with Gasteiger partial charge in [0.1, 0.15) is 11.5 Å². The van der Waals surface area contributed by atoms with Gasteiger partial charge in [0.05, 0.1) is 18.0 Å². The lowest BCUT2D eigenvalue weighted by molar-refractivity contribution is 0.0902. The van der Waals surface area contributed by atoms with Crippen molar-refractivity contribution in [3.8, 4) is 10.6 Å². The first-order valence-corrected chi connectivity index (χ1v) is 7.81. The molecule has 108 valence electrons. The van der Waals surface area contributed by atoms with Crippen LogP contribution in [0.3, 0.4) is 0 Å². The second-order valence-corrected chi connectivity index (χ2v) is 5.82. The molecule has 5 nitrogen and oxygen atoms in total. The molecule has 0 radical (unpaired) electrons. The van der Waals surface area contributed by atoms with Gasteiger partial charge in [0.2, 0.25) is 0 Å². The molecule has 0 unspecified atom stereocenters. The number of nitrogens with one attached hydrogen (secondary N) is 1. The largest absolute Gasteiger partial charge is 0.394 e. The Balaban J connectivity index is 1.80. The van der Waals surface area contributed by atoms with Crippen molar-refractivity contribution in [3.63, 3.8) is 0 Å². The lowest BCUT2D eigenvalue weighted by Gasteiger charge is -2.24. The van der Waals surface area contributed by atoms with Gasteiger partial charge >= 0.3 is 0 Å². The molecule has 0 aromatic carbocycles. The van der Waals surface area contributed by atoms with Crippen LogP contribution in [0, 0.1) is 0 Å². The van der Waals surface area contributed by atoms with E-state index in [0.29, 0.717) is 12.6 Å². The molecule has 0 atom stereocenters. The molecule has 0 aliphatic carbocycles. The van der Waals surface area contributed by atoms with Crippen LogP contribution in [0.1, 0.15) is 12.8 Å². The first-order chi connectivity index (χ1) is 9.86. The van der Waals surface area contributed by atoms with E-state index in [1.165, 1.54) is 0 Å². The minimum absolute atomic E-state index is 0.0913. The first-order valence-electron chi connectivity index (χ1n) is 6.93. The first kappa shape index (κ1) is 13.6. The van der Waals surface area contributed by atoms with Gasteiger partial charge in [-0.05, 0) is 24.3 Å². The summed E-state index contributed by atoms with van der Waals surface area (Å²) in [6, 6.07) is 6.58. The number of nitrogens with zero attached hydrogens (tertiary/aromatic N) is 2. The molecule has 2 N–H and O–H groups in total. The minimum atomic E-state index is 0.0913. The number of hydrogen-bond acceptors (Lipinski definition) is 5. The van der Waals surface area contributed by atoms with Crippen molar-refractivity contribution in [1.82, 2.24) is 9.78 Å². The van der Waals surface area contributed by atoms with Gasteiger partial charge in [-0.3, -0.25) is 0 Å². The summed E-state index contributed by atoms with van der Waals surface area (Å²) in [6.45, 7) is 2.22. The molecular weight excluding hydrogens is 274 g/mol. The zero-order valence-corrected chi connectivity index (χ0v) is 12.1. The third-order valence-electron chi connectivity index (χ3n) is 3.44. The average molecular weight is 293 g/mol. The van der Waals surface area contributed by atoms with Crippen molar-refractivity contribution in [3.05, 3.63) is 23.6 Å². The molecule has 0 saturated carbocycles. The molecule has 1 saturated heterocycles. The average Bonchev–Trinajstić information content (AvgIpc) is 3.11. The van der Waals surface area contributed by atoms with Crippen LogP contribution in [0.15, 0.2) is 23.6 Å².